The summed E-state index contributed by atoms with van der Waals surface area (Å²) in [6.07, 6.45) is 7.68. The normalized spacial score (nSPS) is 21.7. The summed E-state index contributed by atoms with van der Waals surface area (Å²) in [5.41, 5.74) is 0. The zero-order valence-electron chi connectivity index (χ0n) is 10.8. The molecule has 1 amide bonds. The zero-order chi connectivity index (χ0) is 13.0. The Balaban J connectivity index is 1.92. The Morgan fingerprint density at radius 1 is 0.778 bits per heavy atom. The van der Waals surface area contributed by atoms with Crippen molar-refractivity contribution in [2.75, 3.05) is 13.1 Å². The number of rotatable bonds is 3. The largest absolute Gasteiger partial charge is 0.336 e. The molecule has 0 aromatic heterocycles. The summed E-state index contributed by atoms with van der Waals surface area (Å²) < 4.78 is 0. The van der Waals surface area contributed by atoms with Crippen molar-refractivity contribution >= 4 is 17.5 Å². The van der Waals surface area contributed by atoms with Crippen LogP contribution < -0.4 is 0 Å². The van der Waals surface area contributed by atoms with Gasteiger partial charge in [-0.3, -0.25) is 14.4 Å². The van der Waals surface area contributed by atoms with Gasteiger partial charge in [0.1, 0.15) is 0 Å². The third kappa shape index (κ3) is 2.98. The fraction of sp³-hybridized carbons (Fsp3) is 0.786. The lowest BCUT2D eigenvalue weighted by Gasteiger charge is -2.26. The van der Waals surface area contributed by atoms with Crippen molar-refractivity contribution in [1.29, 1.82) is 0 Å². The van der Waals surface area contributed by atoms with Crippen LogP contribution in [0.1, 0.15) is 51.4 Å². The average Bonchev–Trinajstić information content (AvgIpc) is 2.47. The number of likely N-dealkylation sites (tertiary alicyclic amines) is 1. The third-order valence-corrected chi connectivity index (χ3v) is 4.04. The number of Topliss-reactive ketones (excluding diaryl/α,β-unsaturated/α-hetero) is 2. The predicted octanol–water partition coefficient (Wildman–Crippen LogP) is 1.72. The lowest BCUT2D eigenvalue weighted by molar-refractivity contribution is -0.151. The Morgan fingerprint density at radius 2 is 1.33 bits per heavy atom. The second-order valence-electron chi connectivity index (χ2n) is 5.38. The van der Waals surface area contributed by atoms with Gasteiger partial charge in [0.25, 0.3) is 11.7 Å². The predicted molar refractivity (Wildman–Crippen MR) is 67.0 cm³/mol. The number of ketones is 2. The molecule has 18 heavy (non-hydrogen) atoms. The number of hydrogen-bond donors (Lipinski definition) is 0. The fourth-order valence-electron chi connectivity index (χ4n) is 2.90. The first-order valence-corrected chi connectivity index (χ1v) is 7.07. The number of nitrogens with zero attached hydrogens (tertiary/aromatic N) is 1. The highest BCUT2D eigenvalue weighted by Gasteiger charge is 2.33. The highest BCUT2D eigenvalue weighted by atomic mass is 16.2. The van der Waals surface area contributed by atoms with E-state index in [0.29, 0.717) is 13.1 Å². The lowest BCUT2D eigenvalue weighted by atomic mass is 9.84. The van der Waals surface area contributed by atoms with Crippen molar-refractivity contribution in [2.45, 2.75) is 51.4 Å². The number of hydrogen-bond acceptors (Lipinski definition) is 3. The molecule has 1 saturated heterocycles. The van der Waals surface area contributed by atoms with Gasteiger partial charge in [0.2, 0.25) is 5.78 Å². The van der Waals surface area contributed by atoms with Crippen molar-refractivity contribution in [3.05, 3.63) is 0 Å². The molecule has 4 heteroatoms. The molecule has 2 rings (SSSR count). The van der Waals surface area contributed by atoms with Crippen LogP contribution in [0.2, 0.25) is 0 Å². The van der Waals surface area contributed by atoms with E-state index in [-0.39, 0.29) is 5.92 Å². The van der Waals surface area contributed by atoms with Gasteiger partial charge in [-0.05, 0) is 32.1 Å². The van der Waals surface area contributed by atoms with E-state index in [1.165, 1.54) is 0 Å². The van der Waals surface area contributed by atoms with E-state index in [9.17, 15) is 14.4 Å². The topological polar surface area (TPSA) is 54.5 Å². The van der Waals surface area contributed by atoms with Crippen LogP contribution in [-0.4, -0.2) is 35.5 Å². The monoisotopic (exact) mass is 251 g/mol. The summed E-state index contributed by atoms with van der Waals surface area (Å²) in [7, 11) is 0. The second-order valence-corrected chi connectivity index (χ2v) is 5.38. The summed E-state index contributed by atoms with van der Waals surface area (Å²) in [6.45, 7) is 1.25. The van der Waals surface area contributed by atoms with Gasteiger partial charge in [-0.15, -0.1) is 0 Å². The Labute approximate surface area is 108 Å². The summed E-state index contributed by atoms with van der Waals surface area (Å²) >= 11 is 0. The highest BCUT2D eigenvalue weighted by Crippen LogP contribution is 2.24. The minimum atomic E-state index is -0.774. The molecule has 100 valence electrons. The standard InChI is InChI=1S/C14H21NO3/c16-12(11-7-3-1-4-8-11)13(17)14(18)15-9-5-2-6-10-15/h11H,1-10H2. The molecule has 2 aliphatic rings. The summed E-state index contributed by atoms with van der Waals surface area (Å²) in [5.74, 6) is -1.97. The van der Waals surface area contributed by atoms with Gasteiger partial charge in [0.15, 0.2) is 0 Å². The Morgan fingerprint density at radius 3 is 1.94 bits per heavy atom. The molecule has 1 saturated carbocycles. The van der Waals surface area contributed by atoms with Gasteiger partial charge in [-0.1, -0.05) is 19.3 Å². The third-order valence-electron chi connectivity index (χ3n) is 4.04. The minimum absolute atomic E-state index is 0.194. The van der Waals surface area contributed by atoms with Crippen LogP contribution in [0.5, 0.6) is 0 Å². The van der Waals surface area contributed by atoms with Crippen LogP contribution in [0.4, 0.5) is 0 Å². The molecule has 0 atom stereocenters. The molecule has 1 aliphatic heterocycles. The summed E-state index contributed by atoms with van der Waals surface area (Å²) in [4.78, 5) is 37.4. The van der Waals surface area contributed by atoms with Crippen molar-refractivity contribution in [2.24, 2.45) is 5.92 Å². The Hall–Kier alpha value is -1.19. The van der Waals surface area contributed by atoms with E-state index in [2.05, 4.69) is 0 Å². The van der Waals surface area contributed by atoms with Crippen LogP contribution in [0.25, 0.3) is 0 Å². The first-order chi connectivity index (χ1) is 8.70. The maximum Gasteiger partial charge on any atom is 0.298 e. The van der Waals surface area contributed by atoms with E-state index in [1.54, 1.807) is 4.90 Å². The van der Waals surface area contributed by atoms with E-state index in [4.69, 9.17) is 0 Å². The van der Waals surface area contributed by atoms with Crippen LogP contribution in [0.15, 0.2) is 0 Å². The molecule has 0 aromatic carbocycles. The van der Waals surface area contributed by atoms with Crippen molar-refractivity contribution in [3.8, 4) is 0 Å². The molecule has 0 unspecified atom stereocenters. The van der Waals surface area contributed by atoms with E-state index in [1.807, 2.05) is 0 Å². The smallest absolute Gasteiger partial charge is 0.298 e. The molecule has 4 nitrogen and oxygen atoms in total. The quantitative estimate of drug-likeness (QED) is 0.567. The number of carbonyl (C=O) groups is 3. The van der Waals surface area contributed by atoms with Crippen LogP contribution in [0.3, 0.4) is 0 Å². The van der Waals surface area contributed by atoms with Gasteiger partial charge in [-0.2, -0.15) is 0 Å². The average molecular weight is 251 g/mol. The lowest BCUT2D eigenvalue weighted by Crippen LogP contribution is -2.44. The Bertz CT molecular complexity index is 307. The van der Waals surface area contributed by atoms with Gasteiger partial charge in [-0.25, -0.2) is 0 Å². The van der Waals surface area contributed by atoms with Crippen LogP contribution >= 0.6 is 0 Å². The van der Waals surface area contributed by atoms with Gasteiger partial charge >= 0.3 is 0 Å². The molecular weight excluding hydrogens is 230 g/mol. The number of piperidine rings is 1. The van der Waals surface area contributed by atoms with E-state index < -0.39 is 17.5 Å². The van der Waals surface area contributed by atoms with E-state index in [0.717, 1.165) is 51.4 Å². The van der Waals surface area contributed by atoms with Crippen molar-refractivity contribution in [3.63, 3.8) is 0 Å². The zero-order valence-corrected chi connectivity index (χ0v) is 10.8. The van der Waals surface area contributed by atoms with Crippen molar-refractivity contribution < 1.29 is 14.4 Å². The first-order valence-electron chi connectivity index (χ1n) is 7.07. The molecule has 0 radical (unpaired) electrons. The van der Waals surface area contributed by atoms with Gasteiger partial charge in [0, 0.05) is 19.0 Å². The Kier molecular flexibility index (Phi) is 4.50. The first kappa shape index (κ1) is 13.2. The minimum Gasteiger partial charge on any atom is -0.336 e. The van der Waals surface area contributed by atoms with Gasteiger partial charge < -0.3 is 4.90 Å². The maximum absolute atomic E-state index is 12.0. The number of amides is 1. The molecule has 1 aliphatic carbocycles. The molecule has 0 spiro atoms. The molecule has 0 bridgehead atoms. The molecular formula is C14H21NO3. The van der Waals surface area contributed by atoms with Crippen LogP contribution in [-0.2, 0) is 14.4 Å². The molecule has 2 fully saturated rings. The summed E-state index contributed by atoms with van der Waals surface area (Å²) in [6, 6.07) is 0. The summed E-state index contributed by atoms with van der Waals surface area (Å²) in [5, 5.41) is 0. The molecule has 0 aromatic rings. The fourth-order valence-corrected chi connectivity index (χ4v) is 2.90. The SMILES string of the molecule is O=C(C(=O)C1CCCCC1)C(=O)N1CCCCC1. The molecule has 1 heterocycles. The number of carbonyl (C=O) groups excluding carboxylic acids is 3. The molecule has 0 N–H and O–H groups in total. The van der Waals surface area contributed by atoms with E-state index >= 15 is 0 Å². The van der Waals surface area contributed by atoms with Gasteiger partial charge in [0.05, 0.1) is 0 Å². The maximum atomic E-state index is 12.0. The second kappa shape index (κ2) is 6.12. The van der Waals surface area contributed by atoms with Crippen LogP contribution in [0, 0.1) is 5.92 Å². The van der Waals surface area contributed by atoms with Crippen molar-refractivity contribution in [1.82, 2.24) is 4.90 Å². The highest BCUT2D eigenvalue weighted by molar-refractivity contribution is 6.63.